The molecule has 3 aromatic rings. The van der Waals surface area contributed by atoms with Gasteiger partial charge in [0, 0.05) is 49.0 Å². The molecule has 0 radical (unpaired) electrons. The van der Waals surface area contributed by atoms with Gasteiger partial charge in [-0.3, -0.25) is 0 Å². The number of aromatic nitrogens is 2. The van der Waals surface area contributed by atoms with Gasteiger partial charge in [0.25, 0.3) is 0 Å². The van der Waals surface area contributed by atoms with E-state index in [2.05, 4.69) is 49.8 Å². The van der Waals surface area contributed by atoms with Crippen LogP contribution in [-0.4, -0.2) is 23.1 Å². The maximum Gasteiger partial charge on any atom is 0.147 e. The highest BCUT2D eigenvalue weighted by Gasteiger charge is 2.22. The minimum Gasteiger partial charge on any atom is -0.385 e. The molecule has 1 aromatic carbocycles. The summed E-state index contributed by atoms with van der Waals surface area (Å²) in [6.07, 6.45) is 6.92. The number of pyridine rings is 2. The van der Waals surface area contributed by atoms with Crippen molar-refractivity contribution < 1.29 is 0 Å². The smallest absolute Gasteiger partial charge is 0.147 e. The van der Waals surface area contributed by atoms with Crippen LogP contribution in [0.2, 0.25) is 5.02 Å². The molecule has 2 aliphatic rings. The molecule has 28 heavy (non-hydrogen) atoms. The molecule has 2 aromatic heterocycles. The zero-order valence-corrected chi connectivity index (χ0v) is 16.3. The average molecular weight is 392 g/mol. The van der Waals surface area contributed by atoms with E-state index < -0.39 is 0 Å². The number of hydrogen-bond acceptors (Lipinski definition) is 5. The number of hydrogen-bond donors (Lipinski definition) is 2. The van der Waals surface area contributed by atoms with Crippen molar-refractivity contribution in [3.05, 3.63) is 70.5 Å². The van der Waals surface area contributed by atoms with E-state index in [1.165, 1.54) is 28.8 Å². The first-order valence-corrected chi connectivity index (χ1v) is 10.1. The molecule has 2 aliphatic heterocycles. The molecular weight excluding hydrogens is 370 g/mol. The van der Waals surface area contributed by atoms with Crippen LogP contribution in [0.4, 0.5) is 23.0 Å². The van der Waals surface area contributed by atoms with E-state index in [1.807, 2.05) is 18.3 Å². The quantitative estimate of drug-likeness (QED) is 0.672. The summed E-state index contributed by atoms with van der Waals surface area (Å²) in [5, 5.41) is 7.73. The third kappa shape index (κ3) is 3.27. The summed E-state index contributed by atoms with van der Waals surface area (Å²) in [6.45, 7) is 2.70. The molecule has 142 valence electrons. The van der Waals surface area contributed by atoms with Gasteiger partial charge in [-0.05, 0) is 60.7 Å². The predicted molar refractivity (Wildman–Crippen MR) is 115 cm³/mol. The Kier molecular flexibility index (Phi) is 4.53. The number of nitrogens with one attached hydrogen (secondary N) is 2. The highest BCUT2D eigenvalue weighted by Crippen LogP contribution is 2.32. The Balaban J connectivity index is 1.40. The van der Waals surface area contributed by atoms with Gasteiger partial charge >= 0.3 is 0 Å². The van der Waals surface area contributed by atoms with E-state index in [9.17, 15) is 0 Å². The Morgan fingerprint density at radius 3 is 2.93 bits per heavy atom. The highest BCUT2D eigenvalue weighted by molar-refractivity contribution is 6.32. The molecule has 4 heterocycles. The van der Waals surface area contributed by atoms with Crippen LogP contribution in [0, 0.1) is 0 Å². The van der Waals surface area contributed by atoms with Gasteiger partial charge in [0.05, 0.1) is 5.02 Å². The maximum atomic E-state index is 6.35. The molecule has 6 heteroatoms. The fourth-order valence-electron chi connectivity index (χ4n) is 4.06. The molecule has 0 saturated carbocycles. The second-order valence-corrected chi connectivity index (χ2v) is 7.71. The van der Waals surface area contributed by atoms with E-state index in [4.69, 9.17) is 11.6 Å². The highest BCUT2D eigenvalue weighted by atomic mass is 35.5. The van der Waals surface area contributed by atoms with Gasteiger partial charge in [-0.25, -0.2) is 9.97 Å². The van der Waals surface area contributed by atoms with Crippen molar-refractivity contribution in [2.24, 2.45) is 0 Å². The van der Waals surface area contributed by atoms with E-state index in [0.29, 0.717) is 5.02 Å². The van der Waals surface area contributed by atoms with Crippen molar-refractivity contribution in [1.82, 2.24) is 9.97 Å². The zero-order valence-electron chi connectivity index (χ0n) is 15.6. The third-order valence-corrected chi connectivity index (χ3v) is 5.79. The molecule has 0 amide bonds. The summed E-state index contributed by atoms with van der Waals surface area (Å²) >= 11 is 6.35. The Morgan fingerprint density at radius 1 is 1.04 bits per heavy atom. The van der Waals surface area contributed by atoms with Gasteiger partial charge in [0.15, 0.2) is 0 Å². The zero-order chi connectivity index (χ0) is 18.9. The molecule has 0 saturated heterocycles. The number of anilines is 4. The molecule has 5 rings (SSSR count). The summed E-state index contributed by atoms with van der Waals surface area (Å²) in [5.74, 6) is 1.79. The normalized spacial score (nSPS) is 15.4. The lowest BCUT2D eigenvalue weighted by atomic mass is 10.00. The van der Waals surface area contributed by atoms with E-state index in [-0.39, 0.29) is 0 Å². The third-order valence-electron chi connectivity index (χ3n) is 5.50. The lowest BCUT2D eigenvalue weighted by Gasteiger charge is -2.31. The average Bonchev–Trinajstić information content (AvgIpc) is 2.74. The molecule has 2 N–H and O–H groups in total. The number of halogens is 1. The lowest BCUT2D eigenvalue weighted by molar-refractivity contribution is 0.719. The second kappa shape index (κ2) is 7.32. The summed E-state index contributed by atoms with van der Waals surface area (Å²) in [4.78, 5) is 11.3. The Morgan fingerprint density at radius 2 is 2.00 bits per heavy atom. The van der Waals surface area contributed by atoms with Gasteiger partial charge in [-0.2, -0.15) is 0 Å². The number of nitrogens with zero attached hydrogens (tertiary/aromatic N) is 3. The van der Waals surface area contributed by atoms with Crippen LogP contribution < -0.4 is 15.5 Å². The van der Waals surface area contributed by atoms with Crippen LogP contribution in [0.25, 0.3) is 0 Å². The van der Waals surface area contributed by atoms with Gasteiger partial charge in [-0.1, -0.05) is 17.7 Å². The molecule has 0 atom stereocenters. The van der Waals surface area contributed by atoms with Crippen molar-refractivity contribution in [2.45, 2.75) is 25.8 Å². The van der Waals surface area contributed by atoms with Crippen molar-refractivity contribution in [1.29, 1.82) is 0 Å². The van der Waals surface area contributed by atoms with E-state index in [1.54, 1.807) is 6.20 Å². The van der Waals surface area contributed by atoms with Crippen molar-refractivity contribution in [3.63, 3.8) is 0 Å². The molecule has 0 aliphatic carbocycles. The van der Waals surface area contributed by atoms with Crippen LogP contribution >= 0.6 is 11.6 Å². The largest absolute Gasteiger partial charge is 0.385 e. The van der Waals surface area contributed by atoms with Gasteiger partial charge in [-0.15, -0.1) is 0 Å². The molecule has 0 spiro atoms. The topological polar surface area (TPSA) is 53.1 Å². The lowest BCUT2D eigenvalue weighted by Crippen LogP contribution is -2.31. The standard InChI is InChI=1S/C22H22ClN5/c23-19-4-2-10-26-22(19)28-12-8-18-16(14-28)7-11-25-21(18)27-17-6-5-15-3-1-9-24-20(15)13-17/h2,4-7,10-11,13,24H,1,3,8-9,12,14H2,(H,25,27). The first kappa shape index (κ1) is 17.3. The first-order chi connectivity index (χ1) is 13.8. The van der Waals surface area contributed by atoms with Crippen LogP contribution in [0.5, 0.6) is 0 Å². The maximum absolute atomic E-state index is 6.35. The molecule has 0 bridgehead atoms. The Hall–Kier alpha value is -2.79. The second-order valence-electron chi connectivity index (χ2n) is 7.30. The van der Waals surface area contributed by atoms with Crippen LogP contribution in [0.15, 0.2) is 48.8 Å². The molecule has 0 fully saturated rings. The fraction of sp³-hybridized carbons (Fsp3) is 0.273. The number of aryl methyl sites for hydroxylation is 1. The summed E-state index contributed by atoms with van der Waals surface area (Å²) in [6, 6.07) is 12.4. The summed E-state index contributed by atoms with van der Waals surface area (Å²) in [7, 11) is 0. The fourth-order valence-corrected chi connectivity index (χ4v) is 4.31. The van der Waals surface area contributed by atoms with Gasteiger partial charge in [0.2, 0.25) is 0 Å². The van der Waals surface area contributed by atoms with Gasteiger partial charge < -0.3 is 15.5 Å². The van der Waals surface area contributed by atoms with Crippen molar-refractivity contribution in [3.8, 4) is 0 Å². The summed E-state index contributed by atoms with van der Waals surface area (Å²) < 4.78 is 0. The van der Waals surface area contributed by atoms with Crippen molar-refractivity contribution >= 4 is 34.6 Å². The van der Waals surface area contributed by atoms with Crippen LogP contribution in [0.1, 0.15) is 23.1 Å². The minimum atomic E-state index is 0.694. The number of fused-ring (bicyclic) bond motifs is 2. The molecule has 5 nitrogen and oxygen atoms in total. The Bertz CT molecular complexity index is 1020. The number of benzene rings is 1. The van der Waals surface area contributed by atoms with Crippen LogP contribution in [0.3, 0.4) is 0 Å². The predicted octanol–water partition coefficient (Wildman–Crippen LogP) is 4.79. The number of rotatable bonds is 3. The van der Waals surface area contributed by atoms with Crippen LogP contribution in [-0.2, 0) is 19.4 Å². The van der Waals surface area contributed by atoms with E-state index >= 15 is 0 Å². The summed E-state index contributed by atoms with van der Waals surface area (Å²) in [5.41, 5.74) is 6.24. The molecular formula is C22H22ClN5. The Labute approximate surface area is 169 Å². The first-order valence-electron chi connectivity index (χ1n) is 9.74. The molecule has 0 unspecified atom stereocenters. The van der Waals surface area contributed by atoms with Gasteiger partial charge in [0.1, 0.15) is 11.6 Å². The SMILES string of the molecule is Clc1cccnc1N1CCc2c(ccnc2Nc2ccc3c(c2)NCCC3)C1. The van der Waals surface area contributed by atoms with E-state index in [0.717, 1.165) is 49.8 Å². The monoisotopic (exact) mass is 391 g/mol. The minimum absolute atomic E-state index is 0.694. The van der Waals surface area contributed by atoms with Crippen molar-refractivity contribution in [2.75, 3.05) is 28.6 Å².